The normalized spacial score (nSPS) is 16.6. The van der Waals surface area contributed by atoms with Gasteiger partial charge in [-0.3, -0.25) is 4.79 Å². The van der Waals surface area contributed by atoms with Crippen LogP contribution in [0.4, 0.5) is 0 Å². The van der Waals surface area contributed by atoms with Crippen molar-refractivity contribution in [1.29, 1.82) is 0 Å². The molecule has 4 nitrogen and oxygen atoms in total. The van der Waals surface area contributed by atoms with E-state index in [4.69, 9.17) is 4.74 Å². The van der Waals surface area contributed by atoms with Crippen LogP contribution in [0, 0.1) is 0 Å². The fourth-order valence-corrected chi connectivity index (χ4v) is 2.64. The van der Waals surface area contributed by atoms with Crippen LogP contribution in [0.5, 0.6) is 0 Å². The molecule has 0 radical (unpaired) electrons. The Morgan fingerprint density at radius 1 is 1.20 bits per heavy atom. The van der Waals surface area contributed by atoms with Crippen LogP contribution in [0.25, 0.3) is 10.9 Å². The smallest absolute Gasteiger partial charge is 0.272 e. The van der Waals surface area contributed by atoms with Crippen LogP contribution >= 0.6 is 0 Å². The van der Waals surface area contributed by atoms with Crippen molar-refractivity contribution >= 4 is 16.8 Å². The lowest BCUT2D eigenvalue weighted by Crippen LogP contribution is -2.40. The molecule has 0 spiro atoms. The van der Waals surface area contributed by atoms with Gasteiger partial charge in [-0.25, -0.2) is 4.98 Å². The minimum absolute atomic E-state index is 0.0188. The van der Waals surface area contributed by atoms with Gasteiger partial charge in [0.2, 0.25) is 0 Å². The zero-order chi connectivity index (χ0) is 13.9. The lowest BCUT2D eigenvalue weighted by Gasteiger charge is -2.31. The van der Waals surface area contributed by atoms with Crippen LogP contribution in [-0.2, 0) is 4.74 Å². The third kappa shape index (κ3) is 2.51. The molecule has 1 saturated heterocycles. The maximum Gasteiger partial charge on any atom is 0.272 e. The number of pyridine rings is 1. The number of aromatic nitrogens is 1. The third-order valence-corrected chi connectivity index (χ3v) is 3.88. The SMILES string of the molecule is COC1CCN(C(=O)c2ccc3ccccc3n2)CC1. The molecule has 4 heteroatoms. The molecule has 2 aromatic rings. The number of carbonyl (C=O) groups excluding carboxylic acids is 1. The Morgan fingerprint density at radius 2 is 1.95 bits per heavy atom. The fraction of sp³-hybridized carbons (Fsp3) is 0.375. The van der Waals surface area contributed by atoms with Gasteiger partial charge in [0, 0.05) is 25.6 Å². The van der Waals surface area contributed by atoms with E-state index in [2.05, 4.69) is 4.98 Å². The molecule has 1 amide bonds. The van der Waals surface area contributed by atoms with E-state index in [1.54, 1.807) is 7.11 Å². The summed E-state index contributed by atoms with van der Waals surface area (Å²) in [6, 6.07) is 11.6. The quantitative estimate of drug-likeness (QED) is 0.842. The Bertz CT molecular complexity index is 619. The predicted octanol–water partition coefficient (Wildman–Crippen LogP) is 2.49. The highest BCUT2D eigenvalue weighted by atomic mass is 16.5. The number of ether oxygens (including phenoxy) is 1. The van der Waals surface area contributed by atoms with E-state index in [9.17, 15) is 4.79 Å². The Labute approximate surface area is 118 Å². The van der Waals surface area contributed by atoms with Crippen LogP contribution in [0.3, 0.4) is 0 Å². The molecule has 1 aliphatic heterocycles. The summed E-state index contributed by atoms with van der Waals surface area (Å²) >= 11 is 0. The van der Waals surface area contributed by atoms with Crippen molar-refractivity contribution in [2.24, 2.45) is 0 Å². The number of carbonyl (C=O) groups is 1. The summed E-state index contributed by atoms with van der Waals surface area (Å²) in [4.78, 5) is 18.8. The minimum atomic E-state index is 0.0188. The number of hydrogen-bond acceptors (Lipinski definition) is 3. The van der Waals surface area contributed by atoms with Gasteiger partial charge in [-0.1, -0.05) is 24.3 Å². The number of methoxy groups -OCH3 is 1. The number of fused-ring (bicyclic) bond motifs is 1. The van der Waals surface area contributed by atoms with Gasteiger partial charge >= 0.3 is 0 Å². The molecule has 0 atom stereocenters. The highest BCUT2D eigenvalue weighted by Crippen LogP contribution is 2.17. The second kappa shape index (κ2) is 5.59. The van der Waals surface area contributed by atoms with Gasteiger partial charge in [0.05, 0.1) is 11.6 Å². The monoisotopic (exact) mass is 270 g/mol. The van der Waals surface area contributed by atoms with Crippen molar-refractivity contribution in [2.45, 2.75) is 18.9 Å². The number of amides is 1. The minimum Gasteiger partial charge on any atom is -0.381 e. The van der Waals surface area contributed by atoms with Crippen LogP contribution in [0.2, 0.25) is 0 Å². The topological polar surface area (TPSA) is 42.4 Å². The van der Waals surface area contributed by atoms with Crippen LogP contribution in [-0.4, -0.2) is 42.1 Å². The predicted molar refractivity (Wildman–Crippen MR) is 77.7 cm³/mol. The van der Waals surface area contributed by atoms with Gasteiger partial charge < -0.3 is 9.64 Å². The van der Waals surface area contributed by atoms with E-state index in [0.29, 0.717) is 5.69 Å². The summed E-state index contributed by atoms with van der Waals surface area (Å²) in [5.74, 6) is 0.0188. The number of benzene rings is 1. The van der Waals surface area contributed by atoms with Gasteiger partial charge in [0.15, 0.2) is 0 Å². The van der Waals surface area contributed by atoms with Crippen molar-refractivity contribution in [1.82, 2.24) is 9.88 Å². The molecule has 0 unspecified atom stereocenters. The van der Waals surface area contributed by atoms with Gasteiger partial charge in [0.1, 0.15) is 5.69 Å². The lowest BCUT2D eigenvalue weighted by atomic mass is 10.1. The zero-order valence-electron chi connectivity index (χ0n) is 11.6. The lowest BCUT2D eigenvalue weighted by molar-refractivity contribution is 0.0348. The number of rotatable bonds is 2. The summed E-state index contributed by atoms with van der Waals surface area (Å²) < 4.78 is 5.33. The van der Waals surface area contributed by atoms with Crippen LogP contribution < -0.4 is 0 Å². The van der Waals surface area contributed by atoms with E-state index >= 15 is 0 Å². The van der Waals surface area contributed by atoms with Gasteiger partial charge in [-0.05, 0) is 25.0 Å². The van der Waals surface area contributed by atoms with E-state index < -0.39 is 0 Å². The molecule has 1 aliphatic rings. The number of likely N-dealkylation sites (tertiary alicyclic amines) is 1. The fourth-order valence-electron chi connectivity index (χ4n) is 2.64. The molecule has 0 N–H and O–H groups in total. The second-order valence-corrected chi connectivity index (χ2v) is 5.12. The highest BCUT2D eigenvalue weighted by molar-refractivity contribution is 5.94. The summed E-state index contributed by atoms with van der Waals surface area (Å²) in [5.41, 5.74) is 1.39. The first kappa shape index (κ1) is 13.1. The molecule has 1 aromatic heterocycles. The summed E-state index contributed by atoms with van der Waals surface area (Å²) in [6.07, 6.45) is 2.08. The zero-order valence-corrected chi connectivity index (χ0v) is 11.6. The van der Waals surface area contributed by atoms with E-state index in [0.717, 1.165) is 36.8 Å². The Balaban J connectivity index is 1.79. The van der Waals surface area contributed by atoms with E-state index in [-0.39, 0.29) is 12.0 Å². The average molecular weight is 270 g/mol. The average Bonchev–Trinajstić information content (AvgIpc) is 2.54. The number of hydrogen-bond donors (Lipinski definition) is 0. The molecule has 0 bridgehead atoms. The number of para-hydroxylation sites is 1. The summed E-state index contributed by atoms with van der Waals surface area (Å²) in [5, 5.41) is 1.06. The van der Waals surface area contributed by atoms with Gasteiger partial charge in [0.25, 0.3) is 5.91 Å². The third-order valence-electron chi connectivity index (χ3n) is 3.88. The Morgan fingerprint density at radius 3 is 2.70 bits per heavy atom. The molecule has 0 aliphatic carbocycles. The molecule has 0 saturated carbocycles. The van der Waals surface area contributed by atoms with Crippen molar-refractivity contribution in [3.63, 3.8) is 0 Å². The largest absolute Gasteiger partial charge is 0.381 e. The van der Waals surface area contributed by atoms with Crippen molar-refractivity contribution < 1.29 is 9.53 Å². The van der Waals surface area contributed by atoms with Crippen molar-refractivity contribution in [3.05, 3.63) is 42.1 Å². The Hall–Kier alpha value is -1.94. The van der Waals surface area contributed by atoms with E-state index in [1.807, 2.05) is 41.3 Å². The number of piperidine rings is 1. The number of nitrogens with zero attached hydrogens (tertiary/aromatic N) is 2. The molecule has 104 valence electrons. The van der Waals surface area contributed by atoms with Crippen LogP contribution in [0.1, 0.15) is 23.3 Å². The van der Waals surface area contributed by atoms with Crippen molar-refractivity contribution in [3.8, 4) is 0 Å². The molecule has 1 fully saturated rings. The first-order chi connectivity index (χ1) is 9.78. The molecule has 1 aromatic carbocycles. The summed E-state index contributed by atoms with van der Waals surface area (Å²) in [7, 11) is 1.73. The Kier molecular flexibility index (Phi) is 3.65. The molecule has 3 rings (SSSR count). The molecule has 20 heavy (non-hydrogen) atoms. The van der Waals surface area contributed by atoms with Gasteiger partial charge in [-0.15, -0.1) is 0 Å². The molecular weight excluding hydrogens is 252 g/mol. The highest BCUT2D eigenvalue weighted by Gasteiger charge is 2.24. The second-order valence-electron chi connectivity index (χ2n) is 5.12. The first-order valence-corrected chi connectivity index (χ1v) is 6.96. The molecule has 2 heterocycles. The molecular formula is C16H18N2O2. The summed E-state index contributed by atoms with van der Waals surface area (Å²) in [6.45, 7) is 1.48. The first-order valence-electron chi connectivity index (χ1n) is 6.96. The van der Waals surface area contributed by atoms with E-state index in [1.165, 1.54) is 0 Å². The van der Waals surface area contributed by atoms with Crippen LogP contribution in [0.15, 0.2) is 36.4 Å². The maximum atomic E-state index is 12.5. The maximum absolute atomic E-state index is 12.5. The van der Waals surface area contributed by atoms with Crippen molar-refractivity contribution in [2.75, 3.05) is 20.2 Å². The standard InChI is InChI=1S/C16H18N2O2/c1-20-13-8-10-18(11-9-13)16(19)15-7-6-12-4-2-3-5-14(12)17-15/h2-7,13H,8-11H2,1H3. The van der Waals surface area contributed by atoms with Gasteiger partial charge in [-0.2, -0.15) is 0 Å².